The van der Waals surface area contributed by atoms with E-state index in [0.29, 0.717) is 11.6 Å². The van der Waals surface area contributed by atoms with Gasteiger partial charge in [-0.3, -0.25) is 18.7 Å². The van der Waals surface area contributed by atoms with Crippen LogP contribution in [0.2, 0.25) is 0 Å². The Labute approximate surface area is 331 Å². The van der Waals surface area contributed by atoms with E-state index >= 15 is 0 Å². The molecule has 6 heteroatoms. The predicted octanol–water partition coefficient (Wildman–Crippen LogP) is 12.0. The van der Waals surface area contributed by atoms with E-state index in [1.54, 1.807) is 6.20 Å². The molecule has 0 bridgehead atoms. The predicted molar refractivity (Wildman–Crippen MR) is 230 cm³/mol. The summed E-state index contributed by atoms with van der Waals surface area (Å²) < 4.78 is 13.0. The Bertz CT molecular complexity index is 3030. The molecule has 0 saturated carbocycles. The summed E-state index contributed by atoms with van der Waals surface area (Å²) in [5.41, 5.74) is 10.9. The Morgan fingerprint density at radius 2 is 1.12 bits per heavy atom. The molecule has 0 aliphatic heterocycles. The van der Waals surface area contributed by atoms with E-state index in [0.717, 1.165) is 67.0 Å². The highest BCUT2D eigenvalue weighted by Crippen LogP contribution is 2.36. The van der Waals surface area contributed by atoms with E-state index in [1.807, 2.05) is 35.0 Å². The molecule has 6 aromatic carbocycles. The van der Waals surface area contributed by atoms with Crippen LogP contribution < -0.4 is 9.30 Å². The molecule has 0 amide bonds. The molecule has 0 radical (unpaired) electrons. The average Bonchev–Trinajstić information content (AvgIpc) is 3.80. The van der Waals surface area contributed by atoms with Crippen molar-refractivity contribution >= 4 is 32.8 Å². The third kappa shape index (κ3) is 6.31. The maximum atomic E-state index is 6.64. The standard InChI is InChI=1S/C51H39N5O/c1-51(2,3)39-24-26-53-50(31-39)56-45-19-11-10-18-43(45)44-23-22-41(32-48(44)56)57-42-25-27-52-49(33-42)55-34-54(46-20-12-13-21-47(46)55)40-29-37(35-14-6-4-7-15-35)28-38(30-40)36-16-8-5-9-17-36/h4-33H,1-3H3. The number of hydrogen-bond acceptors (Lipinski definition) is 3. The molecule has 10 rings (SSSR count). The largest absolute Gasteiger partial charge is 0.458 e. The van der Waals surface area contributed by atoms with Crippen LogP contribution in [0.5, 0.6) is 11.5 Å². The second-order valence-electron chi connectivity index (χ2n) is 15.4. The third-order valence-electron chi connectivity index (χ3n) is 10.6. The van der Waals surface area contributed by atoms with Gasteiger partial charge in [0.15, 0.2) is 5.82 Å². The van der Waals surface area contributed by atoms with Crippen LogP contribution in [-0.2, 0) is 5.41 Å². The van der Waals surface area contributed by atoms with Crippen molar-refractivity contribution < 1.29 is 9.30 Å². The van der Waals surface area contributed by atoms with Crippen molar-refractivity contribution in [2.45, 2.75) is 26.2 Å². The number of fused-ring (bicyclic) bond motifs is 4. The molecule has 274 valence electrons. The maximum Gasteiger partial charge on any atom is 0.271 e. The molecule has 57 heavy (non-hydrogen) atoms. The number of benzene rings is 6. The van der Waals surface area contributed by atoms with Crippen LogP contribution in [-0.4, -0.2) is 19.1 Å². The van der Waals surface area contributed by atoms with Crippen LogP contribution in [0.15, 0.2) is 182 Å². The fraction of sp³-hybridized carbons (Fsp3) is 0.0784. The Hall–Kier alpha value is -7.31. The van der Waals surface area contributed by atoms with Crippen LogP contribution in [0.1, 0.15) is 26.3 Å². The van der Waals surface area contributed by atoms with Crippen LogP contribution in [0.25, 0.3) is 72.4 Å². The van der Waals surface area contributed by atoms with Crippen molar-refractivity contribution in [3.63, 3.8) is 0 Å². The summed E-state index contributed by atoms with van der Waals surface area (Å²) in [6.07, 6.45) is 7.35. The van der Waals surface area contributed by atoms with E-state index in [-0.39, 0.29) is 5.41 Å². The number of imidazole rings is 1. The van der Waals surface area contributed by atoms with Crippen molar-refractivity contribution in [3.05, 3.63) is 194 Å². The first-order chi connectivity index (χ1) is 27.9. The Kier molecular flexibility index (Phi) is 8.26. The molecule has 0 saturated heterocycles. The van der Waals surface area contributed by atoms with Crippen LogP contribution in [0.4, 0.5) is 0 Å². The fourth-order valence-corrected chi connectivity index (χ4v) is 7.75. The molecule has 0 N–H and O–H groups in total. The second-order valence-corrected chi connectivity index (χ2v) is 15.4. The summed E-state index contributed by atoms with van der Waals surface area (Å²) in [5, 5.41) is 2.31. The number of aromatic nitrogens is 5. The fourth-order valence-electron chi connectivity index (χ4n) is 7.75. The Balaban J connectivity index is 1.05. The van der Waals surface area contributed by atoms with E-state index in [9.17, 15) is 0 Å². The molecule has 6 nitrogen and oxygen atoms in total. The lowest BCUT2D eigenvalue weighted by molar-refractivity contribution is -0.572. The molecule has 10 aromatic rings. The highest BCUT2D eigenvalue weighted by atomic mass is 16.5. The van der Waals surface area contributed by atoms with Crippen molar-refractivity contribution in [2.75, 3.05) is 0 Å². The van der Waals surface area contributed by atoms with Crippen molar-refractivity contribution in [3.8, 4) is 51.1 Å². The third-order valence-corrected chi connectivity index (χ3v) is 10.6. The zero-order chi connectivity index (χ0) is 38.5. The summed E-state index contributed by atoms with van der Waals surface area (Å²) in [7, 11) is 0. The van der Waals surface area contributed by atoms with Gasteiger partial charge in [-0.05, 0) is 87.8 Å². The van der Waals surface area contributed by atoms with Crippen LogP contribution in [0.3, 0.4) is 0 Å². The number of ether oxygens (including phenoxy) is 1. The van der Waals surface area contributed by atoms with Gasteiger partial charge in [-0.2, -0.15) is 0 Å². The highest BCUT2D eigenvalue weighted by molar-refractivity contribution is 6.09. The highest BCUT2D eigenvalue weighted by Gasteiger charge is 2.19. The number of rotatable bonds is 7. The van der Waals surface area contributed by atoms with Crippen molar-refractivity contribution in [1.82, 2.24) is 19.1 Å². The minimum absolute atomic E-state index is 0.0111. The first-order valence-electron chi connectivity index (χ1n) is 19.2. The van der Waals surface area contributed by atoms with Crippen LogP contribution >= 0.6 is 0 Å². The molecule has 0 aliphatic carbocycles. The van der Waals surface area contributed by atoms with Gasteiger partial charge in [-0.15, -0.1) is 0 Å². The topological polar surface area (TPSA) is 48.8 Å². The monoisotopic (exact) mass is 737 g/mol. The summed E-state index contributed by atoms with van der Waals surface area (Å²) in [6.45, 7) is 6.68. The van der Waals surface area contributed by atoms with Gasteiger partial charge < -0.3 is 4.74 Å². The zero-order valence-corrected chi connectivity index (χ0v) is 32.0. The van der Waals surface area contributed by atoms with E-state index in [4.69, 9.17) is 14.7 Å². The van der Waals surface area contributed by atoms with Gasteiger partial charge in [-0.25, -0.2) is 4.98 Å². The second kappa shape index (κ2) is 13.8. The summed E-state index contributed by atoms with van der Waals surface area (Å²) in [6, 6.07) is 59.0. The smallest absolute Gasteiger partial charge is 0.271 e. The van der Waals surface area contributed by atoms with E-state index in [1.165, 1.54) is 10.9 Å². The first-order valence-corrected chi connectivity index (χ1v) is 19.2. The van der Waals surface area contributed by atoms with Gasteiger partial charge in [0, 0.05) is 35.3 Å². The molecule has 4 heterocycles. The van der Waals surface area contributed by atoms with Crippen molar-refractivity contribution in [1.29, 1.82) is 0 Å². The number of hydrogen-bond donors (Lipinski definition) is 0. The van der Waals surface area contributed by atoms with Gasteiger partial charge in [0.25, 0.3) is 6.33 Å². The van der Waals surface area contributed by atoms with Gasteiger partial charge >= 0.3 is 0 Å². The minimum Gasteiger partial charge on any atom is -0.458 e. The average molecular weight is 738 g/mol. The molecular formula is C51H39N5O. The SMILES string of the molecule is CC(C)(C)c1ccnc(-n2c3ccccc3c3ccc(Oc4ccnc(-n5[c-][n+](-c6cc(-c7ccccc7)cc(-c7ccccc7)c6)c6ccccc65)c4)cc32)c1. The maximum absolute atomic E-state index is 6.64. The Morgan fingerprint density at radius 1 is 0.509 bits per heavy atom. The summed E-state index contributed by atoms with van der Waals surface area (Å²) in [5.74, 6) is 2.97. The van der Waals surface area contributed by atoms with Crippen molar-refractivity contribution in [2.24, 2.45) is 0 Å². The minimum atomic E-state index is -0.0111. The van der Waals surface area contributed by atoms with Crippen LogP contribution in [0, 0.1) is 6.33 Å². The molecular weight excluding hydrogens is 699 g/mol. The van der Waals surface area contributed by atoms with E-state index < -0.39 is 0 Å². The normalized spacial score (nSPS) is 11.8. The number of para-hydroxylation sites is 3. The molecule has 0 spiro atoms. The lowest BCUT2D eigenvalue weighted by Gasteiger charge is -2.20. The van der Waals surface area contributed by atoms with Gasteiger partial charge in [0.1, 0.15) is 17.3 Å². The molecule has 4 aromatic heterocycles. The summed E-state index contributed by atoms with van der Waals surface area (Å²) in [4.78, 5) is 9.67. The summed E-state index contributed by atoms with van der Waals surface area (Å²) >= 11 is 0. The van der Waals surface area contributed by atoms with Gasteiger partial charge in [0.05, 0.1) is 27.8 Å². The first kappa shape index (κ1) is 34.2. The molecule has 0 fully saturated rings. The van der Waals surface area contributed by atoms with E-state index in [2.05, 4.69) is 182 Å². The molecule has 0 atom stereocenters. The zero-order valence-electron chi connectivity index (χ0n) is 32.0. The van der Waals surface area contributed by atoms with Gasteiger partial charge in [0.2, 0.25) is 0 Å². The lowest BCUT2D eigenvalue weighted by Crippen LogP contribution is -2.29. The lowest BCUT2D eigenvalue weighted by atomic mass is 9.88. The quantitative estimate of drug-likeness (QED) is 0.121. The molecule has 0 aliphatic rings. The Morgan fingerprint density at radius 3 is 1.86 bits per heavy atom. The molecule has 0 unspecified atom stereocenters. The number of pyridine rings is 2. The number of nitrogens with zero attached hydrogens (tertiary/aromatic N) is 5. The van der Waals surface area contributed by atoms with Gasteiger partial charge in [-0.1, -0.05) is 124 Å².